The normalized spacial score (nSPS) is 18.8. The molecule has 3 aromatic carbocycles. The standard InChI is InChI=1S/C25H23FN2O/c26-19-9-11-20(12-10-19)27-13-15-28(16-14-27)23-8-4-7-21-22(17-24(29)25(21)23)18-5-2-1-3-6-18/h1-12,22H,13-17H2/t22-/m1/s1. The van der Waals surface area contributed by atoms with Crippen LogP contribution in [0.4, 0.5) is 15.8 Å². The first-order valence-electron chi connectivity index (χ1n) is 10.2. The highest BCUT2D eigenvalue weighted by molar-refractivity contribution is 6.06. The maximum Gasteiger partial charge on any atom is 0.166 e. The molecule has 4 heteroatoms. The summed E-state index contributed by atoms with van der Waals surface area (Å²) in [7, 11) is 0. The van der Waals surface area contributed by atoms with Gasteiger partial charge in [-0.15, -0.1) is 0 Å². The van der Waals surface area contributed by atoms with Crippen LogP contribution in [0.15, 0.2) is 72.8 Å². The number of hydrogen-bond acceptors (Lipinski definition) is 3. The number of carbonyl (C=O) groups is 1. The van der Waals surface area contributed by atoms with Crippen LogP contribution >= 0.6 is 0 Å². The molecule has 146 valence electrons. The topological polar surface area (TPSA) is 23.6 Å². The Morgan fingerprint density at radius 3 is 2.17 bits per heavy atom. The van der Waals surface area contributed by atoms with Crippen LogP contribution in [0.25, 0.3) is 0 Å². The van der Waals surface area contributed by atoms with E-state index < -0.39 is 0 Å². The van der Waals surface area contributed by atoms with Gasteiger partial charge in [0.2, 0.25) is 0 Å². The number of hydrogen-bond donors (Lipinski definition) is 0. The van der Waals surface area contributed by atoms with E-state index in [0.29, 0.717) is 6.42 Å². The molecule has 1 heterocycles. The second-order valence-corrected chi connectivity index (χ2v) is 7.78. The fraction of sp³-hybridized carbons (Fsp3) is 0.240. The number of fused-ring (bicyclic) bond motifs is 1. The van der Waals surface area contributed by atoms with Gasteiger partial charge in [-0.2, -0.15) is 0 Å². The van der Waals surface area contributed by atoms with E-state index in [-0.39, 0.29) is 17.5 Å². The van der Waals surface area contributed by atoms with E-state index in [2.05, 4.69) is 40.1 Å². The Kier molecular flexibility index (Phi) is 4.55. The lowest BCUT2D eigenvalue weighted by Crippen LogP contribution is -2.47. The van der Waals surface area contributed by atoms with Crippen LogP contribution in [0, 0.1) is 5.82 Å². The van der Waals surface area contributed by atoms with Crippen LogP contribution in [-0.4, -0.2) is 32.0 Å². The molecule has 1 atom stereocenters. The molecule has 0 amide bonds. The number of piperazine rings is 1. The van der Waals surface area contributed by atoms with Gasteiger partial charge >= 0.3 is 0 Å². The molecule has 0 aromatic heterocycles. The van der Waals surface area contributed by atoms with E-state index in [1.54, 1.807) is 0 Å². The van der Waals surface area contributed by atoms with Crippen molar-refractivity contribution in [1.82, 2.24) is 0 Å². The minimum absolute atomic E-state index is 0.152. The van der Waals surface area contributed by atoms with Gasteiger partial charge in [0.05, 0.1) is 0 Å². The van der Waals surface area contributed by atoms with Crippen LogP contribution in [-0.2, 0) is 0 Å². The first-order chi connectivity index (χ1) is 14.2. The quantitative estimate of drug-likeness (QED) is 0.642. The Labute approximate surface area is 170 Å². The zero-order chi connectivity index (χ0) is 19.8. The van der Waals surface area contributed by atoms with Crippen LogP contribution in [0.5, 0.6) is 0 Å². The van der Waals surface area contributed by atoms with Crippen molar-refractivity contribution < 1.29 is 9.18 Å². The zero-order valence-electron chi connectivity index (χ0n) is 16.2. The molecule has 0 bridgehead atoms. The van der Waals surface area contributed by atoms with Crippen molar-refractivity contribution in [2.75, 3.05) is 36.0 Å². The monoisotopic (exact) mass is 386 g/mol. The molecule has 3 aromatic rings. The first-order valence-corrected chi connectivity index (χ1v) is 10.2. The fourth-order valence-corrected chi connectivity index (χ4v) is 4.65. The molecule has 5 rings (SSSR count). The number of ketones is 1. The van der Waals surface area contributed by atoms with Gasteiger partial charge in [-0.05, 0) is 41.5 Å². The Hall–Kier alpha value is -3.14. The first kappa shape index (κ1) is 17.9. The minimum Gasteiger partial charge on any atom is -0.368 e. The van der Waals surface area contributed by atoms with Crippen molar-refractivity contribution in [3.05, 3.63) is 95.3 Å². The maximum absolute atomic E-state index is 13.2. The van der Waals surface area contributed by atoms with Gasteiger partial charge in [0.25, 0.3) is 0 Å². The number of benzene rings is 3. The number of halogens is 1. The smallest absolute Gasteiger partial charge is 0.166 e. The molecule has 1 aliphatic carbocycles. The predicted octanol–water partition coefficient (Wildman–Crippen LogP) is 4.87. The average Bonchev–Trinajstić information content (AvgIpc) is 3.12. The van der Waals surface area contributed by atoms with Crippen molar-refractivity contribution in [3.8, 4) is 0 Å². The average molecular weight is 386 g/mol. The van der Waals surface area contributed by atoms with Gasteiger partial charge in [0.15, 0.2) is 5.78 Å². The summed E-state index contributed by atoms with van der Waals surface area (Å²) in [6, 6.07) is 23.3. The van der Waals surface area contributed by atoms with Gasteiger partial charge in [-0.1, -0.05) is 42.5 Å². The Morgan fingerprint density at radius 2 is 1.45 bits per heavy atom. The molecule has 0 saturated carbocycles. The van der Waals surface area contributed by atoms with Gasteiger partial charge in [-0.25, -0.2) is 4.39 Å². The molecule has 0 unspecified atom stereocenters. The fourth-order valence-electron chi connectivity index (χ4n) is 4.65. The van der Waals surface area contributed by atoms with E-state index in [0.717, 1.165) is 48.7 Å². The summed E-state index contributed by atoms with van der Waals surface area (Å²) >= 11 is 0. The van der Waals surface area contributed by atoms with E-state index in [1.807, 2.05) is 30.3 Å². The number of Topliss-reactive ketones (excluding diaryl/α,β-unsaturated/α-hetero) is 1. The molecule has 29 heavy (non-hydrogen) atoms. The Morgan fingerprint density at radius 1 is 0.759 bits per heavy atom. The molecule has 3 nitrogen and oxygen atoms in total. The van der Waals surface area contributed by atoms with Crippen molar-refractivity contribution >= 4 is 17.2 Å². The Balaban J connectivity index is 1.39. The molecule has 1 aliphatic heterocycles. The number of rotatable bonds is 3. The van der Waals surface area contributed by atoms with E-state index in [1.165, 1.54) is 17.7 Å². The summed E-state index contributed by atoms with van der Waals surface area (Å²) in [6.45, 7) is 3.39. The minimum atomic E-state index is -0.210. The maximum atomic E-state index is 13.2. The highest BCUT2D eigenvalue weighted by Crippen LogP contribution is 2.42. The third kappa shape index (κ3) is 3.29. The Bertz CT molecular complexity index is 1020. The summed E-state index contributed by atoms with van der Waals surface area (Å²) < 4.78 is 13.2. The lowest BCUT2D eigenvalue weighted by molar-refractivity contribution is 0.0991. The van der Waals surface area contributed by atoms with Crippen molar-refractivity contribution in [3.63, 3.8) is 0 Å². The largest absolute Gasteiger partial charge is 0.368 e. The van der Waals surface area contributed by atoms with Crippen LogP contribution in [0.2, 0.25) is 0 Å². The SMILES string of the molecule is O=C1C[C@H](c2ccccc2)c2cccc(N3CCN(c4ccc(F)cc4)CC3)c21. The number of nitrogens with zero attached hydrogens (tertiary/aromatic N) is 2. The molecule has 2 aliphatic rings. The van der Waals surface area contributed by atoms with Crippen LogP contribution in [0.3, 0.4) is 0 Å². The van der Waals surface area contributed by atoms with E-state index >= 15 is 0 Å². The summed E-state index contributed by atoms with van der Waals surface area (Å²) in [6.07, 6.45) is 0.548. The third-order valence-corrected chi connectivity index (χ3v) is 6.13. The van der Waals surface area contributed by atoms with Crippen LogP contribution < -0.4 is 9.80 Å². The third-order valence-electron chi connectivity index (χ3n) is 6.13. The van der Waals surface area contributed by atoms with Crippen molar-refractivity contribution in [2.45, 2.75) is 12.3 Å². The predicted molar refractivity (Wildman–Crippen MR) is 115 cm³/mol. The summed E-state index contributed by atoms with van der Waals surface area (Å²) in [5, 5.41) is 0. The van der Waals surface area contributed by atoms with Crippen molar-refractivity contribution in [2.24, 2.45) is 0 Å². The molecule has 1 fully saturated rings. The molecule has 0 spiro atoms. The summed E-state index contributed by atoms with van der Waals surface area (Å²) in [5.74, 6) is 0.184. The highest BCUT2D eigenvalue weighted by atomic mass is 19.1. The summed E-state index contributed by atoms with van der Waals surface area (Å²) in [4.78, 5) is 17.6. The summed E-state index contributed by atoms with van der Waals surface area (Å²) in [5.41, 5.74) is 5.36. The second kappa shape index (κ2) is 7.36. The highest BCUT2D eigenvalue weighted by Gasteiger charge is 2.34. The van der Waals surface area contributed by atoms with Gasteiger partial charge in [0, 0.05) is 55.5 Å². The van der Waals surface area contributed by atoms with Crippen molar-refractivity contribution in [1.29, 1.82) is 0 Å². The van der Waals surface area contributed by atoms with E-state index in [4.69, 9.17) is 0 Å². The van der Waals surface area contributed by atoms with Gasteiger partial charge in [-0.3, -0.25) is 4.79 Å². The number of carbonyl (C=O) groups excluding carboxylic acids is 1. The molecular weight excluding hydrogens is 363 g/mol. The zero-order valence-corrected chi connectivity index (χ0v) is 16.2. The van der Waals surface area contributed by atoms with Gasteiger partial charge < -0.3 is 9.80 Å². The second-order valence-electron chi connectivity index (χ2n) is 7.78. The molecule has 0 radical (unpaired) electrons. The van der Waals surface area contributed by atoms with E-state index in [9.17, 15) is 9.18 Å². The molecule has 0 N–H and O–H groups in total. The van der Waals surface area contributed by atoms with Crippen LogP contribution in [0.1, 0.15) is 33.8 Å². The number of anilines is 2. The van der Waals surface area contributed by atoms with Gasteiger partial charge in [0.1, 0.15) is 5.82 Å². The lowest BCUT2D eigenvalue weighted by atomic mass is 9.93. The molecular formula is C25H23FN2O. The lowest BCUT2D eigenvalue weighted by Gasteiger charge is -2.38. The molecule has 1 saturated heterocycles.